The van der Waals surface area contributed by atoms with Crippen LogP contribution in [0, 0.1) is 5.92 Å². The fourth-order valence-electron chi connectivity index (χ4n) is 2.42. The Morgan fingerprint density at radius 1 is 1.39 bits per heavy atom. The highest BCUT2D eigenvalue weighted by molar-refractivity contribution is 5.72. The molecular weight excluding hydrogens is 228 g/mol. The molecule has 0 radical (unpaired) electrons. The number of likely N-dealkylation sites (N-methyl/N-ethyl adjacent to an activating group) is 1. The number of amides is 2. The SMILES string of the molecule is CC(C)C(CN(C)C)NC1CCN(C(N)=O)CC1. The summed E-state index contributed by atoms with van der Waals surface area (Å²) in [7, 11) is 4.21. The van der Waals surface area contributed by atoms with Crippen LogP contribution in [0.15, 0.2) is 0 Å². The second kappa shape index (κ2) is 6.95. The number of hydrogen-bond acceptors (Lipinski definition) is 3. The number of carbonyl (C=O) groups excluding carboxylic acids is 1. The van der Waals surface area contributed by atoms with E-state index in [1.807, 2.05) is 0 Å². The highest BCUT2D eigenvalue weighted by Gasteiger charge is 2.24. The Morgan fingerprint density at radius 3 is 2.33 bits per heavy atom. The zero-order valence-corrected chi connectivity index (χ0v) is 12.1. The van der Waals surface area contributed by atoms with Crippen molar-refractivity contribution in [2.45, 2.75) is 38.8 Å². The number of nitrogens with zero attached hydrogens (tertiary/aromatic N) is 2. The molecular formula is C13H28N4O. The molecule has 1 atom stereocenters. The largest absolute Gasteiger partial charge is 0.351 e. The van der Waals surface area contributed by atoms with E-state index >= 15 is 0 Å². The summed E-state index contributed by atoms with van der Waals surface area (Å²) in [5.41, 5.74) is 5.29. The predicted octanol–water partition coefficient (Wildman–Crippen LogP) is 0.705. The lowest BCUT2D eigenvalue weighted by molar-refractivity contribution is 0.174. The summed E-state index contributed by atoms with van der Waals surface area (Å²) >= 11 is 0. The molecule has 1 rings (SSSR count). The molecule has 1 heterocycles. The first-order valence-corrected chi connectivity index (χ1v) is 6.85. The molecule has 18 heavy (non-hydrogen) atoms. The average Bonchev–Trinajstić information content (AvgIpc) is 2.28. The maximum Gasteiger partial charge on any atom is 0.314 e. The molecule has 1 fully saturated rings. The molecule has 1 unspecified atom stereocenters. The van der Waals surface area contributed by atoms with E-state index in [9.17, 15) is 4.79 Å². The fourth-order valence-corrected chi connectivity index (χ4v) is 2.42. The molecule has 0 saturated carbocycles. The van der Waals surface area contributed by atoms with Gasteiger partial charge in [0, 0.05) is 31.7 Å². The van der Waals surface area contributed by atoms with Crippen LogP contribution in [0.5, 0.6) is 0 Å². The molecule has 5 heteroatoms. The number of carbonyl (C=O) groups is 1. The van der Waals surface area contributed by atoms with Crippen molar-refractivity contribution in [3.63, 3.8) is 0 Å². The van der Waals surface area contributed by atoms with Crippen LogP contribution in [0.3, 0.4) is 0 Å². The van der Waals surface area contributed by atoms with Crippen LogP contribution in [0.1, 0.15) is 26.7 Å². The van der Waals surface area contributed by atoms with Gasteiger partial charge in [0.1, 0.15) is 0 Å². The third-order valence-electron chi connectivity index (χ3n) is 3.62. The molecule has 2 amide bonds. The Kier molecular flexibility index (Phi) is 5.88. The Labute approximate surface area is 111 Å². The minimum Gasteiger partial charge on any atom is -0.351 e. The normalized spacial score (nSPS) is 19.6. The van der Waals surface area contributed by atoms with Crippen LogP contribution in [0.4, 0.5) is 4.79 Å². The van der Waals surface area contributed by atoms with Crippen molar-refractivity contribution in [1.82, 2.24) is 15.1 Å². The van der Waals surface area contributed by atoms with Gasteiger partial charge in [-0.2, -0.15) is 0 Å². The number of rotatable bonds is 5. The van der Waals surface area contributed by atoms with Gasteiger partial charge < -0.3 is 20.9 Å². The van der Waals surface area contributed by atoms with E-state index in [1.165, 1.54) is 0 Å². The van der Waals surface area contributed by atoms with Gasteiger partial charge in [0.05, 0.1) is 0 Å². The molecule has 0 aromatic carbocycles. The first-order chi connectivity index (χ1) is 8.40. The highest BCUT2D eigenvalue weighted by Crippen LogP contribution is 2.13. The van der Waals surface area contributed by atoms with E-state index in [4.69, 9.17) is 5.73 Å². The van der Waals surface area contributed by atoms with Gasteiger partial charge in [0.25, 0.3) is 0 Å². The lowest BCUT2D eigenvalue weighted by atomic mass is 9.99. The van der Waals surface area contributed by atoms with E-state index in [0.717, 1.165) is 32.5 Å². The highest BCUT2D eigenvalue weighted by atomic mass is 16.2. The van der Waals surface area contributed by atoms with Crippen LogP contribution in [-0.2, 0) is 0 Å². The van der Waals surface area contributed by atoms with Crippen molar-refractivity contribution in [2.75, 3.05) is 33.7 Å². The number of piperidine rings is 1. The number of likely N-dealkylation sites (tertiary alicyclic amines) is 1. The summed E-state index contributed by atoms with van der Waals surface area (Å²) in [4.78, 5) is 15.0. The fraction of sp³-hybridized carbons (Fsp3) is 0.923. The number of hydrogen-bond donors (Lipinski definition) is 2. The minimum absolute atomic E-state index is 0.290. The Hall–Kier alpha value is -0.810. The zero-order valence-electron chi connectivity index (χ0n) is 12.1. The van der Waals surface area contributed by atoms with Crippen LogP contribution in [0.2, 0.25) is 0 Å². The van der Waals surface area contributed by atoms with Gasteiger partial charge in [-0.3, -0.25) is 0 Å². The van der Waals surface area contributed by atoms with E-state index in [2.05, 4.69) is 38.2 Å². The van der Waals surface area contributed by atoms with Crippen LogP contribution < -0.4 is 11.1 Å². The number of nitrogens with one attached hydrogen (secondary N) is 1. The van der Waals surface area contributed by atoms with Crippen LogP contribution >= 0.6 is 0 Å². The zero-order chi connectivity index (χ0) is 13.7. The molecule has 0 bridgehead atoms. The maximum absolute atomic E-state index is 11.1. The number of urea groups is 1. The van der Waals surface area contributed by atoms with E-state index in [-0.39, 0.29) is 6.03 Å². The summed E-state index contributed by atoms with van der Waals surface area (Å²) in [5, 5.41) is 3.73. The third kappa shape index (κ3) is 4.82. The summed E-state index contributed by atoms with van der Waals surface area (Å²) < 4.78 is 0. The molecule has 3 N–H and O–H groups in total. The van der Waals surface area contributed by atoms with Crippen molar-refractivity contribution in [3.8, 4) is 0 Å². The minimum atomic E-state index is -0.290. The lowest BCUT2D eigenvalue weighted by Crippen LogP contribution is -2.52. The Bertz CT molecular complexity index is 260. The van der Waals surface area contributed by atoms with E-state index < -0.39 is 0 Å². The molecule has 5 nitrogen and oxygen atoms in total. The number of nitrogens with two attached hydrogens (primary N) is 1. The standard InChI is InChI=1S/C13H28N4O/c1-10(2)12(9-16(3)4)15-11-5-7-17(8-6-11)13(14)18/h10-12,15H,5-9H2,1-4H3,(H2,14,18). The lowest BCUT2D eigenvalue weighted by Gasteiger charge is -2.35. The van der Waals surface area contributed by atoms with Gasteiger partial charge in [0.15, 0.2) is 0 Å². The monoisotopic (exact) mass is 256 g/mol. The summed E-state index contributed by atoms with van der Waals surface area (Å²) in [6.07, 6.45) is 2.00. The van der Waals surface area contributed by atoms with Gasteiger partial charge in [-0.25, -0.2) is 4.79 Å². The predicted molar refractivity (Wildman–Crippen MR) is 74.5 cm³/mol. The molecule has 0 aliphatic carbocycles. The molecule has 0 spiro atoms. The topological polar surface area (TPSA) is 61.6 Å². The maximum atomic E-state index is 11.1. The first kappa shape index (κ1) is 15.2. The third-order valence-corrected chi connectivity index (χ3v) is 3.62. The molecule has 1 saturated heterocycles. The molecule has 0 aromatic heterocycles. The van der Waals surface area contributed by atoms with Gasteiger partial charge in [0.2, 0.25) is 0 Å². The van der Waals surface area contributed by atoms with Gasteiger partial charge in [-0.05, 0) is 32.9 Å². The van der Waals surface area contributed by atoms with Crippen LogP contribution in [0.25, 0.3) is 0 Å². The summed E-state index contributed by atoms with van der Waals surface area (Å²) in [5.74, 6) is 0.613. The summed E-state index contributed by atoms with van der Waals surface area (Å²) in [6, 6.07) is 0.722. The Balaban J connectivity index is 2.40. The average molecular weight is 256 g/mol. The second-order valence-corrected chi connectivity index (χ2v) is 5.88. The Morgan fingerprint density at radius 2 is 1.94 bits per heavy atom. The molecule has 1 aliphatic heterocycles. The second-order valence-electron chi connectivity index (χ2n) is 5.88. The molecule has 106 valence electrons. The smallest absolute Gasteiger partial charge is 0.314 e. The molecule has 0 aromatic rings. The van der Waals surface area contributed by atoms with Gasteiger partial charge >= 0.3 is 6.03 Å². The van der Waals surface area contributed by atoms with Crippen molar-refractivity contribution in [1.29, 1.82) is 0 Å². The number of primary amides is 1. The van der Waals surface area contributed by atoms with Crippen molar-refractivity contribution >= 4 is 6.03 Å². The van der Waals surface area contributed by atoms with Crippen molar-refractivity contribution in [2.24, 2.45) is 11.7 Å². The summed E-state index contributed by atoms with van der Waals surface area (Å²) in [6.45, 7) is 7.10. The van der Waals surface area contributed by atoms with Crippen molar-refractivity contribution < 1.29 is 4.79 Å². The van der Waals surface area contributed by atoms with E-state index in [1.54, 1.807) is 4.90 Å². The van der Waals surface area contributed by atoms with Crippen molar-refractivity contribution in [3.05, 3.63) is 0 Å². The quantitative estimate of drug-likeness (QED) is 0.761. The first-order valence-electron chi connectivity index (χ1n) is 6.85. The van der Waals surface area contributed by atoms with Crippen LogP contribution in [-0.4, -0.2) is 61.6 Å². The van der Waals surface area contributed by atoms with E-state index in [0.29, 0.717) is 18.0 Å². The molecule has 1 aliphatic rings. The van der Waals surface area contributed by atoms with Gasteiger partial charge in [-0.15, -0.1) is 0 Å². The van der Waals surface area contributed by atoms with Gasteiger partial charge in [-0.1, -0.05) is 13.8 Å².